The van der Waals surface area contributed by atoms with Gasteiger partial charge in [-0.25, -0.2) is 0 Å². The fourth-order valence-electron chi connectivity index (χ4n) is 2.81. The van der Waals surface area contributed by atoms with Crippen LogP contribution >= 0.6 is 15.9 Å². The average molecular weight is 489 g/mol. The summed E-state index contributed by atoms with van der Waals surface area (Å²) < 4.78 is 5.92. The topological polar surface area (TPSA) is 102 Å². The highest BCUT2D eigenvalue weighted by Crippen LogP contribution is 2.19. The van der Waals surface area contributed by atoms with E-state index in [0.717, 1.165) is 15.6 Å². The van der Waals surface area contributed by atoms with Gasteiger partial charge in [-0.2, -0.15) is 0 Å². The van der Waals surface area contributed by atoms with Gasteiger partial charge in [-0.05, 0) is 44.0 Å². The van der Waals surface area contributed by atoms with Crippen molar-refractivity contribution in [2.75, 3.05) is 11.9 Å². The number of benzene rings is 2. The highest BCUT2D eigenvalue weighted by molar-refractivity contribution is 9.10. The predicted molar refractivity (Wildman–Crippen MR) is 121 cm³/mol. The molecule has 0 aliphatic heterocycles. The van der Waals surface area contributed by atoms with Gasteiger partial charge >= 0.3 is 5.97 Å². The maximum Gasteiger partial charge on any atom is 0.307 e. The third-order valence-corrected chi connectivity index (χ3v) is 5.10. The molecule has 8 heteroatoms. The summed E-state index contributed by atoms with van der Waals surface area (Å²) in [4.78, 5) is 48.3. The van der Waals surface area contributed by atoms with Crippen LogP contribution in [-0.2, 0) is 19.1 Å². The number of rotatable bonds is 9. The molecule has 164 valence electrons. The van der Waals surface area contributed by atoms with E-state index in [9.17, 15) is 19.2 Å². The Labute approximate surface area is 189 Å². The fourth-order valence-corrected chi connectivity index (χ4v) is 3.08. The van der Waals surface area contributed by atoms with Crippen molar-refractivity contribution >= 4 is 45.2 Å². The highest BCUT2D eigenvalue weighted by Gasteiger charge is 2.19. The van der Waals surface area contributed by atoms with E-state index in [4.69, 9.17) is 4.74 Å². The van der Waals surface area contributed by atoms with Gasteiger partial charge in [0.25, 0.3) is 5.91 Å². The molecule has 0 heterocycles. The number of nitrogens with one attached hydrogen (secondary N) is 2. The van der Waals surface area contributed by atoms with Gasteiger partial charge in [0.1, 0.15) is 0 Å². The Bertz CT molecular complexity index is 952. The van der Waals surface area contributed by atoms with Gasteiger partial charge < -0.3 is 15.4 Å². The number of hydrogen-bond acceptors (Lipinski definition) is 5. The van der Waals surface area contributed by atoms with Crippen LogP contribution in [-0.4, -0.2) is 36.2 Å². The van der Waals surface area contributed by atoms with E-state index in [1.807, 2.05) is 32.0 Å². The number of para-hydroxylation sites is 1. The molecule has 2 aromatic rings. The maximum absolute atomic E-state index is 12.1. The molecule has 2 rings (SSSR count). The number of carbonyl (C=O) groups excluding carboxylic acids is 4. The van der Waals surface area contributed by atoms with Gasteiger partial charge in [0.15, 0.2) is 11.9 Å². The Balaban J connectivity index is 1.74. The van der Waals surface area contributed by atoms with Gasteiger partial charge in [0.05, 0.1) is 13.0 Å². The van der Waals surface area contributed by atoms with Crippen LogP contribution in [0.5, 0.6) is 0 Å². The second-order valence-corrected chi connectivity index (χ2v) is 8.01. The summed E-state index contributed by atoms with van der Waals surface area (Å²) in [6.45, 7) is 4.91. The third kappa shape index (κ3) is 7.64. The molecule has 0 bridgehead atoms. The van der Waals surface area contributed by atoms with Crippen LogP contribution in [0.25, 0.3) is 0 Å². The molecule has 0 radical (unpaired) electrons. The third-order valence-electron chi connectivity index (χ3n) is 4.57. The molecule has 2 N–H and O–H groups in total. The summed E-state index contributed by atoms with van der Waals surface area (Å²) >= 11 is 3.29. The van der Waals surface area contributed by atoms with E-state index in [1.165, 1.54) is 6.92 Å². The molecule has 31 heavy (non-hydrogen) atoms. The van der Waals surface area contributed by atoms with E-state index in [2.05, 4.69) is 26.6 Å². The predicted octanol–water partition coefficient (Wildman–Crippen LogP) is 3.72. The van der Waals surface area contributed by atoms with Gasteiger partial charge in [0, 0.05) is 22.1 Å². The van der Waals surface area contributed by atoms with Crippen LogP contribution in [0.3, 0.4) is 0 Å². The minimum Gasteiger partial charge on any atom is -0.453 e. The largest absolute Gasteiger partial charge is 0.453 e. The van der Waals surface area contributed by atoms with Crippen molar-refractivity contribution < 1.29 is 23.9 Å². The first-order chi connectivity index (χ1) is 14.7. The number of halogens is 1. The SMILES string of the molecule is Cc1cccc(C)c1NC(=O)CNC(=O)C(C)OC(=O)CCC(=O)c1ccc(Br)cc1. The Morgan fingerprint density at radius 3 is 2.19 bits per heavy atom. The van der Waals surface area contributed by atoms with Crippen molar-refractivity contribution in [3.63, 3.8) is 0 Å². The van der Waals surface area contributed by atoms with Crippen molar-refractivity contribution in [2.24, 2.45) is 0 Å². The first kappa shape index (κ1) is 24.3. The molecule has 0 saturated heterocycles. The molecule has 0 aromatic heterocycles. The number of esters is 1. The van der Waals surface area contributed by atoms with E-state index in [-0.39, 0.29) is 31.1 Å². The van der Waals surface area contributed by atoms with Gasteiger partial charge in [-0.1, -0.05) is 46.3 Å². The number of ketones is 1. The summed E-state index contributed by atoms with van der Waals surface area (Å²) in [5, 5.41) is 5.21. The molecule has 0 saturated carbocycles. The molecular formula is C23H25BrN2O5. The van der Waals surface area contributed by atoms with Gasteiger partial charge in [0.2, 0.25) is 5.91 Å². The van der Waals surface area contributed by atoms with Crippen LogP contribution in [0.2, 0.25) is 0 Å². The first-order valence-corrected chi connectivity index (χ1v) is 10.6. The molecule has 7 nitrogen and oxygen atoms in total. The average Bonchev–Trinajstić information content (AvgIpc) is 2.73. The summed E-state index contributed by atoms with van der Waals surface area (Å²) in [5.41, 5.74) is 3.03. The lowest BCUT2D eigenvalue weighted by atomic mass is 10.1. The molecule has 0 spiro atoms. The molecule has 1 unspecified atom stereocenters. The smallest absolute Gasteiger partial charge is 0.307 e. The second-order valence-electron chi connectivity index (χ2n) is 7.09. The molecule has 0 fully saturated rings. The molecule has 0 aliphatic carbocycles. The minimum absolute atomic E-state index is 0.0208. The number of hydrogen-bond donors (Lipinski definition) is 2. The zero-order chi connectivity index (χ0) is 23.0. The normalized spacial score (nSPS) is 11.4. The number of ether oxygens (including phenoxy) is 1. The molecular weight excluding hydrogens is 464 g/mol. The summed E-state index contributed by atoms with van der Waals surface area (Å²) in [7, 11) is 0. The zero-order valence-electron chi connectivity index (χ0n) is 17.7. The number of anilines is 1. The van der Waals surface area contributed by atoms with Crippen molar-refractivity contribution in [1.82, 2.24) is 5.32 Å². The number of amides is 2. The Hall–Kier alpha value is -3.00. The van der Waals surface area contributed by atoms with E-state index in [1.54, 1.807) is 24.3 Å². The quantitative estimate of drug-likeness (QED) is 0.413. The Kier molecular flexibility index (Phi) is 8.93. The summed E-state index contributed by atoms with van der Waals surface area (Å²) in [6, 6.07) is 12.5. The van der Waals surface area contributed by atoms with E-state index < -0.39 is 18.0 Å². The lowest BCUT2D eigenvalue weighted by Crippen LogP contribution is -2.40. The molecule has 2 aromatic carbocycles. The van der Waals surface area contributed by atoms with Crippen LogP contribution in [0, 0.1) is 13.8 Å². The van der Waals surface area contributed by atoms with Crippen LogP contribution < -0.4 is 10.6 Å². The molecule has 2 amide bonds. The fraction of sp³-hybridized carbons (Fsp3) is 0.304. The van der Waals surface area contributed by atoms with Crippen LogP contribution in [0.4, 0.5) is 5.69 Å². The number of aryl methyl sites for hydroxylation is 2. The molecule has 0 aliphatic rings. The van der Waals surface area contributed by atoms with Crippen molar-refractivity contribution in [2.45, 2.75) is 39.7 Å². The van der Waals surface area contributed by atoms with Crippen molar-refractivity contribution in [3.8, 4) is 0 Å². The zero-order valence-corrected chi connectivity index (χ0v) is 19.2. The maximum atomic E-state index is 12.1. The van der Waals surface area contributed by atoms with Crippen molar-refractivity contribution in [1.29, 1.82) is 0 Å². The minimum atomic E-state index is -1.08. The van der Waals surface area contributed by atoms with Gasteiger partial charge in [-0.15, -0.1) is 0 Å². The first-order valence-electron chi connectivity index (χ1n) is 9.79. The van der Waals surface area contributed by atoms with E-state index in [0.29, 0.717) is 11.3 Å². The number of carbonyl (C=O) groups is 4. The van der Waals surface area contributed by atoms with E-state index >= 15 is 0 Å². The number of Topliss-reactive ketones (excluding diaryl/α,β-unsaturated/α-hetero) is 1. The van der Waals surface area contributed by atoms with Crippen LogP contribution in [0.15, 0.2) is 46.9 Å². The van der Waals surface area contributed by atoms with Crippen LogP contribution in [0.1, 0.15) is 41.3 Å². The monoisotopic (exact) mass is 488 g/mol. The highest BCUT2D eigenvalue weighted by atomic mass is 79.9. The summed E-state index contributed by atoms with van der Waals surface area (Å²) in [6.07, 6.45) is -1.24. The van der Waals surface area contributed by atoms with Crippen molar-refractivity contribution in [3.05, 3.63) is 63.6 Å². The Morgan fingerprint density at radius 2 is 1.58 bits per heavy atom. The standard InChI is InChI=1S/C23H25BrN2O5/c1-14-5-4-6-15(2)22(14)26-20(28)13-25-23(30)16(3)31-21(29)12-11-19(27)17-7-9-18(24)10-8-17/h4-10,16H,11-13H2,1-3H3,(H,25,30)(H,26,28). The lowest BCUT2D eigenvalue weighted by Gasteiger charge is -2.14. The second kappa shape index (κ2) is 11.4. The Morgan fingerprint density at radius 1 is 0.968 bits per heavy atom. The van der Waals surface area contributed by atoms with Gasteiger partial charge in [-0.3, -0.25) is 19.2 Å². The summed E-state index contributed by atoms with van der Waals surface area (Å²) in [5.74, 6) is -1.83. The molecule has 1 atom stereocenters. The lowest BCUT2D eigenvalue weighted by molar-refractivity contribution is -0.154.